The molecule has 4 heteroatoms. The number of rotatable bonds is 3. The largest absolute Gasteiger partial charge is 0.294 e. The Labute approximate surface area is 124 Å². The van der Waals surface area contributed by atoms with E-state index < -0.39 is 0 Å². The summed E-state index contributed by atoms with van der Waals surface area (Å²) in [5.74, 6) is 5.02. The number of nitrogens with one attached hydrogen (secondary N) is 1. The van der Waals surface area contributed by atoms with Crippen molar-refractivity contribution in [3.8, 4) is 0 Å². The zero-order valence-electron chi connectivity index (χ0n) is 11.9. The molecular formula is C17H19N3O. The Kier molecular flexibility index (Phi) is 3.99. The van der Waals surface area contributed by atoms with Crippen LogP contribution in [-0.2, 0) is 19.5 Å². The molecular weight excluding hydrogens is 262 g/mol. The van der Waals surface area contributed by atoms with Crippen LogP contribution in [0.1, 0.15) is 27.0 Å². The Morgan fingerprint density at radius 3 is 2.62 bits per heavy atom. The van der Waals surface area contributed by atoms with E-state index in [0.717, 1.165) is 31.6 Å². The molecule has 0 aliphatic carbocycles. The molecule has 0 aromatic heterocycles. The van der Waals surface area contributed by atoms with E-state index in [1.54, 1.807) is 0 Å². The summed E-state index contributed by atoms with van der Waals surface area (Å²) in [5.41, 5.74) is 6.69. The minimum Gasteiger partial charge on any atom is -0.294 e. The highest BCUT2D eigenvalue weighted by Crippen LogP contribution is 2.21. The lowest BCUT2D eigenvalue weighted by Crippen LogP contribution is -2.33. The molecule has 2 aromatic carbocycles. The molecule has 0 atom stereocenters. The van der Waals surface area contributed by atoms with E-state index in [-0.39, 0.29) is 5.91 Å². The van der Waals surface area contributed by atoms with Crippen LogP contribution >= 0.6 is 0 Å². The van der Waals surface area contributed by atoms with Gasteiger partial charge >= 0.3 is 0 Å². The average molecular weight is 281 g/mol. The summed E-state index contributed by atoms with van der Waals surface area (Å²) in [6, 6.07) is 16.2. The molecule has 0 saturated carbocycles. The summed E-state index contributed by atoms with van der Waals surface area (Å²) in [5, 5.41) is 0. The van der Waals surface area contributed by atoms with Gasteiger partial charge in [0.25, 0.3) is 5.91 Å². The number of hydrazine groups is 1. The van der Waals surface area contributed by atoms with Crippen LogP contribution in [0.3, 0.4) is 0 Å². The van der Waals surface area contributed by atoms with E-state index >= 15 is 0 Å². The monoisotopic (exact) mass is 281 g/mol. The molecule has 0 spiro atoms. The van der Waals surface area contributed by atoms with Crippen LogP contribution in [0.15, 0.2) is 48.5 Å². The molecule has 1 aliphatic heterocycles. The van der Waals surface area contributed by atoms with Crippen molar-refractivity contribution in [2.24, 2.45) is 5.84 Å². The second-order valence-electron chi connectivity index (χ2n) is 5.36. The summed E-state index contributed by atoms with van der Waals surface area (Å²) in [4.78, 5) is 14.2. The summed E-state index contributed by atoms with van der Waals surface area (Å²) in [6.07, 6.45) is 1.06. The number of carbonyl (C=O) groups is 1. The van der Waals surface area contributed by atoms with Crippen molar-refractivity contribution in [1.82, 2.24) is 10.3 Å². The molecule has 0 radical (unpaired) electrons. The zero-order chi connectivity index (χ0) is 14.7. The second kappa shape index (κ2) is 6.08. The first-order valence-corrected chi connectivity index (χ1v) is 7.16. The van der Waals surface area contributed by atoms with Gasteiger partial charge in [-0.2, -0.15) is 0 Å². The number of nitrogens with two attached hydrogens (primary N) is 1. The maximum atomic E-state index is 11.8. The van der Waals surface area contributed by atoms with Crippen molar-refractivity contribution in [3.63, 3.8) is 0 Å². The lowest BCUT2D eigenvalue weighted by molar-refractivity contribution is 0.0951. The summed E-state index contributed by atoms with van der Waals surface area (Å²) < 4.78 is 0. The van der Waals surface area contributed by atoms with Crippen LogP contribution in [0, 0.1) is 0 Å². The minimum atomic E-state index is -0.233. The van der Waals surface area contributed by atoms with E-state index in [9.17, 15) is 4.79 Å². The first-order chi connectivity index (χ1) is 10.3. The molecule has 0 bridgehead atoms. The third-order valence-corrected chi connectivity index (χ3v) is 4.00. The van der Waals surface area contributed by atoms with Crippen LogP contribution in [0.5, 0.6) is 0 Å². The van der Waals surface area contributed by atoms with Gasteiger partial charge in [0.15, 0.2) is 0 Å². The van der Waals surface area contributed by atoms with Crippen LogP contribution < -0.4 is 11.3 Å². The van der Waals surface area contributed by atoms with Crippen LogP contribution in [-0.4, -0.2) is 17.4 Å². The molecule has 1 heterocycles. The molecule has 1 aliphatic rings. The molecule has 0 saturated heterocycles. The molecule has 1 amide bonds. The van der Waals surface area contributed by atoms with Crippen LogP contribution in [0.4, 0.5) is 0 Å². The normalized spacial score (nSPS) is 14.5. The number of carbonyl (C=O) groups excluding carboxylic acids is 1. The number of fused-ring (bicyclic) bond motifs is 1. The van der Waals surface area contributed by atoms with Gasteiger partial charge in [-0.3, -0.25) is 15.1 Å². The summed E-state index contributed by atoms with van der Waals surface area (Å²) >= 11 is 0. The number of nitrogen functional groups attached to an aromatic ring is 1. The van der Waals surface area contributed by atoms with Crippen molar-refractivity contribution in [2.45, 2.75) is 19.5 Å². The van der Waals surface area contributed by atoms with Crippen molar-refractivity contribution in [2.75, 3.05) is 6.54 Å². The first kappa shape index (κ1) is 13.8. The maximum absolute atomic E-state index is 11.8. The smallest absolute Gasteiger partial charge is 0.265 e. The van der Waals surface area contributed by atoms with Gasteiger partial charge in [0.05, 0.1) is 0 Å². The van der Waals surface area contributed by atoms with Crippen molar-refractivity contribution in [3.05, 3.63) is 70.8 Å². The van der Waals surface area contributed by atoms with Gasteiger partial charge in [-0.05, 0) is 29.2 Å². The molecule has 2 aromatic rings. The molecule has 4 nitrogen and oxygen atoms in total. The highest BCUT2D eigenvalue weighted by atomic mass is 16.2. The number of hydrogen-bond acceptors (Lipinski definition) is 3. The SMILES string of the molecule is NNC(=O)c1ccccc1CN1CCc2ccccc2C1. The van der Waals surface area contributed by atoms with Crippen molar-refractivity contribution >= 4 is 5.91 Å². The Hall–Kier alpha value is -2.17. The van der Waals surface area contributed by atoms with Crippen molar-refractivity contribution < 1.29 is 4.79 Å². The molecule has 21 heavy (non-hydrogen) atoms. The van der Waals surface area contributed by atoms with E-state index in [1.807, 2.05) is 24.3 Å². The van der Waals surface area contributed by atoms with Gasteiger partial charge in [0, 0.05) is 25.2 Å². The standard InChI is InChI=1S/C17H19N3O/c18-19-17(21)16-8-4-3-7-15(16)12-20-10-9-13-5-1-2-6-14(13)11-20/h1-8H,9-12,18H2,(H,19,21). The fourth-order valence-corrected chi connectivity index (χ4v) is 2.89. The number of nitrogens with zero attached hydrogens (tertiary/aromatic N) is 1. The summed E-state index contributed by atoms with van der Waals surface area (Å²) in [7, 11) is 0. The number of hydrogen-bond donors (Lipinski definition) is 2. The Morgan fingerprint density at radius 2 is 1.81 bits per heavy atom. The Bertz CT molecular complexity index is 654. The van der Waals surface area contributed by atoms with E-state index in [4.69, 9.17) is 5.84 Å². The van der Waals surface area contributed by atoms with Crippen molar-refractivity contribution in [1.29, 1.82) is 0 Å². The van der Waals surface area contributed by atoms with Gasteiger partial charge in [0.2, 0.25) is 0 Å². The lowest BCUT2D eigenvalue weighted by atomic mass is 9.98. The molecule has 0 unspecified atom stereocenters. The Balaban J connectivity index is 1.78. The molecule has 3 N–H and O–H groups in total. The first-order valence-electron chi connectivity index (χ1n) is 7.16. The number of benzene rings is 2. The van der Waals surface area contributed by atoms with Crippen LogP contribution in [0.2, 0.25) is 0 Å². The van der Waals surface area contributed by atoms with E-state index in [1.165, 1.54) is 11.1 Å². The topological polar surface area (TPSA) is 58.4 Å². The lowest BCUT2D eigenvalue weighted by Gasteiger charge is -2.29. The number of amides is 1. The average Bonchev–Trinajstić information content (AvgIpc) is 2.54. The Morgan fingerprint density at radius 1 is 1.10 bits per heavy atom. The second-order valence-corrected chi connectivity index (χ2v) is 5.36. The third-order valence-electron chi connectivity index (χ3n) is 4.00. The maximum Gasteiger partial charge on any atom is 0.265 e. The molecule has 108 valence electrons. The predicted molar refractivity (Wildman–Crippen MR) is 82.4 cm³/mol. The van der Waals surface area contributed by atoms with Gasteiger partial charge in [-0.25, -0.2) is 5.84 Å². The molecule has 0 fully saturated rings. The quantitative estimate of drug-likeness (QED) is 0.513. The van der Waals surface area contributed by atoms with Crippen LogP contribution in [0.25, 0.3) is 0 Å². The van der Waals surface area contributed by atoms with E-state index in [0.29, 0.717) is 5.56 Å². The van der Waals surface area contributed by atoms with Gasteiger partial charge in [-0.1, -0.05) is 42.5 Å². The predicted octanol–water partition coefficient (Wildman–Crippen LogP) is 1.85. The minimum absolute atomic E-state index is 0.233. The fourth-order valence-electron chi connectivity index (χ4n) is 2.89. The van der Waals surface area contributed by atoms with E-state index in [2.05, 4.69) is 34.6 Å². The van der Waals surface area contributed by atoms with Gasteiger partial charge in [-0.15, -0.1) is 0 Å². The molecule has 3 rings (SSSR count). The zero-order valence-corrected chi connectivity index (χ0v) is 11.9. The summed E-state index contributed by atoms with van der Waals surface area (Å²) in [6.45, 7) is 2.70. The van der Waals surface area contributed by atoms with Gasteiger partial charge < -0.3 is 0 Å². The van der Waals surface area contributed by atoms with Gasteiger partial charge in [0.1, 0.15) is 0 Å². The fraction of sp³-hybridized carbons (Fsp3) is 0.235. The highest BCUT2D eigenvalue weighted by Gasteiger charge is 2.18. The highest BCUT2D eigenvalue weighted by molar-refractivity contribution is 5.95. The third kappa shape index (κ3) is 2.96.